The van der Waals surface area contributed by atoms with Gasteiger partial charge < -0.3 is 5.32 Å². The van der Waals surface area contributed by atoms with Crippen molar-refractivity contribution in [2.24, 2.45) is 0 Å². The van der Waals surface area contributed by atoms with Crippen LogP contribution in [0.5, 0.6) is 0 Å². The lowest BCUT2D eigenvalue weighted by Gasteiger charge is -2.05. The highest BCUT2D eigenvalue weighted by molar-refractivity contribution is 7.08. The number of nitrogens with zero attached hydrogens (tertiary/aromatic N) is 3. The van der Waals surface area contributed by atoms with Gasteiger partial charge in [-0.3, -0.25) is 13.9 Å². The molecule has 0 atom stereocenters. The van der Waals surface area contributed by atoms with E-state index < -0.39 is 0 Å². The number of benzene rings is 1. The normalized spacial score (nSPS) is 11.0. The molecule has 28 heavy (non-hydrogen) atoms. The van der Waals surface area contributed by atoms with E-state index in [1.165, 1.54) is 23.5 Å². The maximum Gasteiger partial charge on any atom is 0.330 e. The van der Waals surface area contributed by atoms with E-state index in [-0.39, 0.29) is 17.4 Å². The largest absolute Gasteiger partial charge is 0.350 e. The van der Waals surface area contributed by atoms with Crippen molar-refractivity contribution in [3.8, 4) is 0 Å². The molecule has 1 aromatic carbocycles. The quantitative estimate of drug-likeness (QED) is 0.545. The van der Waals surface area contributed by atoms with Gasteiger partial charge >= 0.3 is 5.69 Å². The molecular weight excluding hydrogens is 379 g/mol. The van der Waals surface area contributed by atoms with Gasteiger partial charge in [-0.1, -0.05) is 12.1 Å². The molecule has 4 aromatic rings. The van der Waals surface area contributed by atoms with Crippen molar-refractivity contribution in [3.05, 3.63) is 86.8 Å². The van der Waals surface area contributed by atoms with Crippen LogP contribution in [0, 0.1) is 5.82 Å². The molecule has 0 radical (unpaired) electrons. The Bertz CT molecular complexity index is 1160. The number of fused-ring (bicyclic) bond motifs is 1. The highest BCUT2D eigenvalue weighted by Gasteiger charge is 2.14. The van der Waals surface area contributed by atoms with Gasteiger partial charge in [-0.05, 0) is 41.3 Å². The predicted octanol–water partition coefficient (Wildman–Crippen LogP) is 2.88. The van der Waals surface area contributed by atoms with Crippen LogP contribution in [0.1, 0.15) is 15.9 Å². The summed E-state index contributed by atoms with van der Waals surface area (Å²) in [6.07, 6.45) is 1.63. The number of amides is 1. The summed E-state index contributed by atoms with van der Waals surface area (Å²) in [5.41, 5.74) is 2.45. The Morgan fingerprint density at radius 3 is 2.71 bits per heavy atom. The van der Waals surface area contributed by atoms with Crippen LogP contribution in [0.15, 0.2) is 64.2 Å². The molecule has 1 N–H and O–H groups in total. The zero-order chi connectivity index (χ0) is 19.5. The van der Waals surface area contributed by atoms with Crippen molar-refractivity contribution in [3.63, 3.8) is 0 Å². The molecule has 8 heteroatoms. The molecule has 0 aliphatic rings. The molecule has 0 aliphatic heterocycles. The molecule has 142 valence electrons. The van der Waals surface area contributed by atoms with Gasteiger partial charge in [0, 0.05) is 30.2 Å². The minimum Gasteiger partial charge on any atom is -0.350 e. The van der Waals surface area contributed by atoms with E-state index in [1.54, 1.807) is 45.0 Å². The van der Waals surface area contributed by atoms with Crippen LogP contribution in [0.4, 0.5) is 4.39 Å². The average molecular weight is 396 g/mol. The molecule has 0 saturated carbocycles. The molecule has 0 saturated heterocycles. The van der Waals surface area contributed by atoms with Crippen molar-refractivity contribution >= 4 is 28.4 Å². The fourth-order valence-corrected chi connectivity index (χ4v) is 3.69. The fourth-order valence-electron chi connectivity index (χ4n) is 3.05. The highest BCUT2D eigenvalue weighted by Crippen LogP contribution is 2.13. The standard InChI is InChI=1S/C20H17FN4O2S/c21-16-5-3-14(4-6-16)12-25-17-2-1-8-22-18(17)24(20(25)27)10-9-23-19(26)15-7-11-28-13-15/h1-8,11,13H,9-10,12H2,(H,23,26). The van der Waals surface area contributed by atoms with E-state index in [0.717, 1.165) is 5.56 Å². The summed E-state index contributed by atoms with van der Waals surface area (Å²) in [5, 5.41) is 6.44. The molecule has 3 heterocycles. The minimum absolute atomic E-state index is 0.169. The van der Waals surface area contributed by atoms with E-state index in [1.807, 2.05) is 11.4 Å². The Morgan fingerprint density at radius 1 is 1.14 bits per heavy atom. The number of imidazole rings is 1. The van der Waals surface area contributed by atoms with E-state index >= 15 is 0 Å². The third kappa shape index (κ3) is 3.59. The number of pyridine rings is 1. The Balaban J connectivity index is 1.58. The van der Waals surface area contributed by atoms with Crippen molar-refractivity contribution in [2.45, 2.75) is 13.1 Å². The second kappa shape index (κ2) is 7.77. The fraction of sp³-hybridized carbons (Fsp3) is 0.150. The van der Waals surface area contributed by atoms with E-state index in [0.29, 0.717) is 36.4 Å². The number of hydrogen-bond acceptors (Lipinski definition) is 4. The van der Waals surface area contributed by atoms with Gasteiger partial charge in [0.1, 0.15) is 5.82 Å². The predicted molar refractivity (Wildman–Crippen MR) is 106 cm³/mol. The Morgan fingerprint density at radius 2 is 1.96 bits per heavy atom. The molecule has 0 fully saturated rings. The van der Waals surface area contributed by atoms with Crippen LogP contribution in [-0.2, 0) is 13.1 Å². The van der Waals surface area contributed by atoms with Crippen molar-refractivity contribution < 1.29 is 9.18 Å². The third-order valence-electron chi connectivity index (χ3n) is 4.43. The Kier molecular flexibility index (Phi) is 5.03. The smallest absolute Gasteiger partial charge is 0.330 e. The number of carbonyl (C=O) groups is 1. The first-order valence-electron chi connectivity index (χ1n) is 8.72. The number of hydrogen-bond donors (Lipinski definition) is 1. The molecule has 0 aliphatic carbocycles. The number of nitrogens with one attached hydrogen (secondary N) is 1. The summed E-state index contributed by atoms with van der Waals surface area (Å²) in [7, 11) is 0. The highest BCUT2D eigenvalue weighted by atomic mass is 32.1. The van der Waals surface area contributed by atoms with Gasteiger partial charge in [0.05, 0.1) is 12.1 Å². The van der Waals surface area contributed by atoms with Crippen LogP contribution in [-0.4, -0.2) is 26.6 Å². The van der Waals surface area contributed by atoms with Crippen LogP contribution in [0.2, 0.25) is 0 Å². The molecule has 0 unspecified atom stereocenters. The molecule has 1 amide bonds. The minimum atomic E-state index is -0.318. The van der Waals surface area contributed by atoms with Gasteiger partial charge in [0.15, 0.2) is 5.65 Å². The van der Waals surface area contributed by atoms with E-state index in [9.17, 15) is 14.0 Å². The van der Waals surface area contributed by atoms with Crippen molar-refractivity contribution in [1.82, 2.24) is 19.4 Å². The lowest BCUT2D eigenvalue weighted by atomic mass is 10.2. The molecule has 0 spiro atoms. The first kappa shape index (κ1) is 18.1. The van der Waals surface area contributed by atoms with Gasteiger partial charge in [-0.25, -0.2) is 14.2 Å². The first-order chi connectivity index (χ1) is 13.6. The van der Waals surface area contributed by atoms with E-state index in [4.69, 9.17) is 0 Å². The average Bonchev–Trinajstić information content (AvgIpc) is 3.33. The van der Waals surface area contributed by atoms with Crippen LogP contribution in [0.25, 0.3) is 11.2 Å². The van der Waals surface area contributed by atoms with Crippen LogP contribution in [0.3, 0.4) is 0 Å². The van der Waals surface area contributed by atoms with Gasteiger partial charge in [0.25, 0.3) is 5.91 Å². The SMILES string of the molecule is O=C(NCCn1c(=O)n(Cc2ccc(F)cc2)c2cccnc21)c1ccsc1. The number of rotatable bonds is 6. The first-order valence-corrected chi connectivity index (χ1v) is 9.66. The summed E-state index contributed by atoms with van der Waals surface area (Å²) in [6, 6.07) is 11.4. The Hall–Kier alpha value is -3.26. The van der Waals surface area contributed by atoms with Gasteiger partial charge in [-0.15, -0.1) is 0 Å². The number of carbonyl (C=O) groups excluding carboxylic acids is 1. The molecule has 4 rings (SSSR count). The second-order valence-electron chi connectivity index (χ2n) is 6.26. The molecule has 6 nitrogen and oxygen atoms in total. The topological polar surface area (TPSA) is 68.9 Å². The molecule has 3 aromatic heterocycles. The van der Waals surface area contributed by atoms with Crippen molar-refractivity contribution in [2.75, 3.05) is 6.54 Å². The summed E-state index contributed by atoms with van der Waals surface area (Å²) in [4.78, 5) is 29.4. The Labute approximate surface area is 163 Å². The van der Waals surface area contributed by atoms with Gasteiger partial charge in [0.2, 0.25) is 0 Å². The van der Waals surface area contributed by atoms with E-state index in [2.05, 4.69) is 10.3 Å². The maximum absolute atomic E-state index is 13.2. The molecule has 0 bridgehead atoms. The zero-order valence-electron chi connectivity index (χ0n) is 14.8. The lowest BCUT2D eigenvalue weighted by Crippen LogP contribution is -2.31. The summed E-state index contributed by atoms with van der Waals surface area (Å²) >= 11 is 1.45. The summed E-state index contributed by atoms with van der Waals surface area (Å²) in [6.45, 7) is 0.926. The third-order valence-corrected chi connectivity index (χ3v) is 5.12. The zero-order valence-corrected chi connectivity index (χ0v) is 15.7. The monoisotopic (exact) mass is 396 g/mol. The van der Waals surface area contributed by atoms with Crippen LogP contribution < -0.4 is 11.0 Å². The summed E-state index contributed by atoms with van der Waals surface area (Å²) < 4.78 is 16.3. The lowest BCUT2D eigenvalue weighted by molar-refractivity contribution is 0.0952. The number of halogens is 1. The van der Waals surface area contributed by atoms with Gasteiger partial charge in [-0.2, -0.15) is 11.3 Å². The maximum atomic E-state index is 13.2. The summed E-state index contributed by atoms with van der Waals surface area (Å²) in [5.74, 6) is -0.487. The number of aromatic nitrogens is 3. The second-order valence-corrected chi connectivity index (χ2v) is 7.04. The van der Waals surface area contributed by atoms with Crippen molar-refractivity contribution in [1.29, 1.82) is 0 Å². The number of thiophene rings is 1. The molecular formula is C20H17FN4O2S. The van der Waals surface area contributed by atoms with Crippen LogP contribution >= 0.6 is 11.3 Å².